The van der Waals surface area contributed by atoms with Gasteiger partial charge >= 0.3 is 6.09 Å². The molecule has 1 amide bonds. The Morgan fingerprint density at radius 3 is 2.83 bits per heavy atom. The zero-order chi connectivity index (χ0) is 13.6. The van der Waals surface area contributed by atoms with Gasteiger partial charge in [0.1, 0.15) is 5.60 Å². The molecule has 106 valence electrons. The molecule has 1 rings (SSSR count). The van der Waals surface area contributed by atoms with Crippen LogP contribution in [-0.2, 0) is 4.74 Å². The summed E-state index contributed by atoms with van der Waals surface area (Å²) in [5.41, 5.74) is 5.14. The number of hydrogen-bond acceptors (Lipinski definition) is 4. The van der Waals surface area contributed by atoms with E-state index in [4.69, 9.17) is 10.5 Å². The third kappa shape index (κ3) is 6.21. The number of nitrogens with two attached hydrogens (primary N) is 1. The highest BCUT2D eigenvalue weighted by Crippen LogP contribution is 2.15. The fraction of sp³-hybridized carbons (Fsp3) is 0.923. The van der Waals surface area contributed by atoms with Gasteiger partial charge in [-0.15, -0.1) is 0 Å². The molecule has 1 fully saturated rings. The van der Waals surface area contributed by atoms with E-state index in [0.717, 1.165) is 26.1 Å². The van der Waals surface area contributed by atoms with Crippen molar-refractivity contribution in [3.05, 3.63) is 0 Å². The summed E-state index contributed by atoms with van der Waals surface area (Å²) >= 11 is 0. The minimum Gasteiger partial charge on any atom is -0.444 e. The molecule has 1 heterocycles. The van der Waals surface area contributed by atoms with E-state index in [1.54, 1.807) is 0 Å². The van der Waals surface area contributed by atoms with Crippen molar-refractivity contribution in [3.8, 4) is 0 Å². The lowest BCUT2D eigenvalue weighted by atomic mass is 9.98. The van der Waals surface area contributed by atoms with Crippen LogP contribution in [0.3, 0.4) is 0 Å². The number of hydrogen-bond donors (Lipinski definition) is 2. The van der Waals surface area contributed by atoms with Crippen LogP contribution in [0.1, 0.15) is 33.6 Å². The van der Waals surface area contributed by atoms with E-state index in [0.29, 0.717) is 19.0 Å². The topological polar surface area (TPSA) is 67.6 Å². The summed E-state index contributed by atoms with van der Waals surface area (Å²) in [7, 11) is 0. The molecule has 0 saturated carbocycles. The maximum atomic E-state index is 11.5. The molecule has 0 aromatic heterocycles. The molecule has 5 heteroatoms. The van der Waals surface area contributed by atoms with Gasteiger partial charge in [-0.2, -0.15) is 0 Å². The van der Waals surface area contributed by atoms with Gasteiger partial charge in [0, 0.05) is 26.2 Å². The van der Waals surface area contributed by atoms with Gasteiger partial charge in [0.2, 0.25) is 0 Å². The monoisotopic (exact) mass is 257 g/mol. The number of carbonyl (C=O) groups is 1. The third-order valence-electron chi connectivity index (χ3n) is 2.98. The smallest absolute Gasteiger partial charge is 0.407 e. The van der Waals surface area contributed by atoms with Crippen molar-refractivity contribution in [3.63, 3.8) is 0 Å². The summed E-state index contributed by atoms with van der Waals surface area (Å²) in [6.07, 6.45) is 2.02. The predicted molar refractivity (Wildman–Crippen MR) is 72.5 cm³/mol. The number of carbonyl (C=O) groups excluding carboxylic acids is 1. The minimum absolute atomic E-state index is 0.321. The summed E-state index contributed by atoms with van der Waals surface area (Å²) in [5.74, 6) is 0.512. The number of alkyl carbamates (subject to hydrolysis) is 1. The molecule has 18 heavy (non-hydrogen) atoms. The number of ether oxygens (including phenoxy) is 1. The molecule has 0 spiro atoms. The van der Waals surface area contributed by atoms with Crippen molar-refractivity contribution < 1.29 is 9.53 Å². The first-order valence-electron chi connectivity index (χ1n) is 6.80. The molecule has 5 nitrogen and oxygen atoms in total. The Hall–Kier alpha value is -0.810. The second-order valence-electron chi connectivity index (χ2n) is 5.98. The molecule has 3 N–H and O–H groups in total. The fourth-order valence-electron chi connectivity index (χ4n) is 2.25. The quantitative estimate of drug-likeness (QED) is 0.793. The Bertz CT molecular complexity index is 261. The molecule has 0 radical (unpaired) electrons. The van der Waals surface area contributed by atoms with Crippen molar-refractivity contribution in [2.24, 2.45) is 11.7 Å². The van der Waals surface area contributed by atoms with Crippen LogP contribution in [0.15, 0.2) is 0 Å². The molecule has 0 aromatic carbocycles. The van der Waals surface area contributed by atoms with Crippen molar-refractivity contribution >= 4 is 6.09 Å². The Balaban J connectivity index is 2.24. The minimum atomic E-state index is -0.428. The largest absolute Gasteiger partial charge is 0.444 e. The molecule has 0 aliphatic carbocycles. The van der Waals surface area contributed by atoms with Crippen molar-refractivity contribution in [1.29, 1.82) is 0 Å². The summed E-state index contributed by atoms with van der Waals surface area (Å²) in [4.78, 5) is 13.9. The van der Waals surface area contributed by atoms with Crippen molar-refractivity contribution in [1.82, 2.24) is 10.2 Å². The average Bonchev–Trinajstić information content (AvgIpc) is 2.25. The van der Waals surface area contributed by atoms with Gasteiger partial charge in [-0.05, 0) is 46.1 Å². The fourth-order valence-corrected chi connectivity index (χ4v) is 2.25. The zero-order valence-electron chi connectivity index (χ0n) is 11.9. The van der Waals surface area contributed by atoms with Crippen LogP contribution in [0.4, 0.5) is 4.79 Å². The van der Waals surface area contributed by atoms with E-state index in [1.165, 1.54) is 6.42 Å². The second-order valence-corrected chi connectivity index (χ2v) is 5.98. The Morgan fingerprint density at radius 1 is 1.50 bits per heavy atom. The van der Waals surface area contributed by atoms with E-state index in [2.05, 4.69) is 10.2 Å². The van der Waals surface area contributed by atoms with Gasteiger partial charge in [0.15, 0.2) is 0 Å². The zero-order valence-corrected chi connectivity index (χ0v) is 11.9. The van der Waals surface area contributed by atoms with Crippen molar-refractivity contribution in [2.75, 3.05) is 32.7 Å². The first-order chi connectivity index (χ1) is 8.40. The first kappa shape index (κ1) is 15.2. The van der Waals surface area contributed by atoms with Crippen LogP contribution in [-0.4, -0.2) is 49.3 Å². The van der Waals surface area contributed by atoms with E-state index >= 15 is 0 Å². The van der Waals surface area contributed by atoms with E-state index in [1.807, 2.05) is 20.8 Å². The number of rotatable bonds is 4. The SMILES string of the molecule is CC(C)(C)OC(=O)NC[C@@H]1CCCN(CCN)C1. The van der Waals surface area contributed by atoms with Crippen LogP contribution < -0.4 is 11.1 Å². The molecular formula is C13H27N3O2. The van der Waals surface area contributed by atoms with Crippen LogP contribution in [0.5, 0.6) is 0 Å². The summed E-state index contributed by atoms with van der Waals surface area (Å²) in [5, 5.41) is 2.85. The molecule has 0 aromatic rings. The summed E-state index contributed by atoms with van der Waals surface area (Å²) in [6.45, 7) is 10.1. The normalized spacial score (nSPS) is 21.7. The van der Waals surface area contributed by atoms with E-state index < -0.39 is 5.60 Å². The maximum Gasteiger partial charge on any atom is 0.407 e. The Kier molecular flexibility index (Phi) is 5.88. The Morgan fingerprint density at radius 2 is 2.22 bits per heavy atom. The Labute approximate surface area is 110 Å². The number of likely N-dealkylation sites (tertiary alicyclic amines) is 1. The molecule has 1 saturated heterocycles. The van der Waals surface area contributed by atoms with Crippen molar-refractivity contribution in [2.45, 2.75) is 39.2 Å². The van der Waals surface area contributed by atoms with Crippen LogP contribution in [0.2, 0.25) is 0 Å². The molecule has 0 bridgehead atoms. The predicted octanol–water partition coefficient (Wildman–Crippen LogP) is 1.18. The molecule has 1 aliphatic rings. The van der Waals surface area contributed by atoms with E-state index in [-0.39, 0.29) is 6.09 Å². The van der Waals surface area contributed by atoms with Gasteiger partial charge < -0.3 is 20.7 Å². The van der Waals surface area contributed by atoms with Gasteiger partial charge in [-0.1, -0.05) is 0 Å². The van der Waals surface area contributed by atoms with Crippen LogP contribution >= 0.6 is 0 Å². The van der Waals surface area contributed by atoms with Gasteiger partial charge in [-0.25, -0.2) is 4.79 Å². The molecule has 1 atom stereocenters. The summed E-state index contributed by atoms with van der Waals surface area (Å²) < 4.78 is 5.22. The number of amides is 1. The lowest BCUT2D eigenvalue weighted by Crippen LogP contribution is -2.43. The van der Waals surface area contributed by atoms with E-state index in [9.17, 15) is 4.79 Å². The molecule has 0 unspecified atom stereocenters. The van der Waals surface area contributed by atoms with Gasteiger partial charge in [-0.3, -0.25) is 0 Å². The van der Waals surface area contributed by atoms with Gasteiger partial charge in [0.25, 0.3) is 0 Å². The number of nitrogens with one attached hydrogen (secondary N) is 1. The first-order valence-corrected chi connectivity index (χ1v) is 6.80. The highest BCUT2D eigenvalue weighted by Gasteiger charge is 2.21. The summed E-state index contributed by atoms with van der Waals surface area (Å²) in [6, 6.07) is 0. The highest BCUT2D eigenvalue weighted by molar-refractivity contribution is 5.67. The average molecular weight is 257 g/mol. The molecular weight excluding hydrogens is 230 g/mol. The lowest BCUT2D eigenvalue weighted by Gasteiger charge is -2.32. The number of nitrogens with zero attached hydrogens (tertiary/aromatic N) is 1. The number of piperidine rings is 1. The molecule has 1 aliphatic heterocycles. The standard InChI is InChI=1S/C13H27N3O2/c1-13(2,3)18-12(17)15-9-11-5-4-7-16(10-11)8-6-14/h11H,4-10,14H2,1-3H3,(H,15,17)/t11-/m0/s1. The third-order valence-corrected chi connectivity index (χ3v) is 2.98. The highest BCUT2D eigenvalue weighted by atomic mass is 16.6. The maximum absolute atomic E-state index is 11.5. The van der Waals surface area contributed by atoms with Crippen LogP contribution in [0, 0.1) is 5.92 Å². The second kappa shape index (κ2) is 6.95. The lowest BCUT2D eigenvalue weighted by molar-refractivity contribution is 0.0507. The van der Waals surface area contributed by atoms with Gasteiger partial charge in [0.05, 0.1) is 0 Å². The van der Waals surface area contributed by atoms with Crippen LogP contribution in [0.25, 0.3) is 0 Å².